The molecule has 0 nitrogen and oxygen atoms in total. The van der Waals surface area contributed by atoms with Crippen LogP contribution in [0.4, 0.5) is 0 Å². The number of rotatable bonds is 2. The second-order valence-corrected chi connectivity index (χ2v) is 7.68. The van der Waals surface area contributed by atoms with Crippen LogP contribution in [0.3, 0.4) is 0 Å². The monoisotopic (exact) mass is 367 g/mol. The van der Waals surface area contributed by atoms with Crippen LogP contribution in [0.25, 0.3) is 21.9 Å². The molecule has 0 spiro atoms. The molecular formula is C29H19. The lowest BCUT2D eigenvalue weighted by molar-refractivity contribution is 0.769. The molecular weight excluding hydrogens is 348 g/mol. The van der Waals surface area contributed by atoms with Crippen LogP contribution < -0.4 is 0 Å². The van der Waals surface area contributed by atoms with Gasteiger partial charge >= 0.3 is 0 Å². The van der Waals surface area contributed by atoms with Crippen LogP contribution in [0.2, 0.25) is 0 Å². The average molecular weight is 367 g/mol. The zero-order valence-corrected chi connectivity index (χ0v) is 16.0. The van der Waals surface area contributed by atoms with Gasteiger partial charge in [-0.2, -0.15) is 0 Å². The van der Waals surface area contributed by atoms with Gasteiger partial charge in [-0.25, -0.2) is 0 Å². The van der Waals surface area contributed by atoms with Crippen molar-refractivity contribution < 1.29 is 0 Å². The van der Waals surface area contributed by atoms with Crippen molar-refractivity contribution in [2.24, 2.45) is 0 Å². The first-order chi connectivity index (χ1) is 14.4. The molecule has 0 N–H and O–H groups in total. The minimum absolute atomic E-state index is 0.327. The van der Waals surface area contributed by atoms with Crippen molar-refractivity contribution in [1.29, 1.82) is 0 Å². The van der Waals surface area contributed by atoms with E-state index < -0.39 is 0 Å². The summed E-state index contributed by atoms with van der Waals surface area (Å²) in [6, 6.07) is 45.1. The van der Waals surface area contributed by atoms with Crippen LogP contribution in [0.5, 0.6) is 0 Å². The van der Waals surface area contributed by atoms with E-state index in [1.54, 1.807) is 0 Å². The third-order valence-corrected chi connectivity index (χ3v) is 6.24. The Hall–Kier alpha value is -3.64. The summed E-state index contributed by atoms with van der Waals surface area (Å²) in [6.07, 6.45) is 0. The minimum Gasteiger partial charge on any atom is -0.0622 e. The van der Waals surface area contributed by atoms with Gasteiger partial charge < -0.3 is 0 Å². The number of hydrogen-bond acceptors (Lipinski definition) is 0. The van der Waals surface area contributed by atoms with E-state index in [4.69, 9.17) is 0 Å². The molecule has 0 saturated carbocycles. The molecule has 0 atom stereocenters. The molecule has 0 aliphatic heterocycles. The van der Waals surface area contributed by atoms with Gasteiger partial charge in [-0.05, 0) is 62.4 Å². The van der Waals surface area contributed by atoms with Crippen LogP contribution >= 0.6 is 0 Å². The van der Waals surface area contributed by atoms with E-state index in [0.717, 1.165) is 5.39 Å². The van der Waals surface area contributed by atoms with Gasteiger partial charge in [-0.3, -0.25) is 0 Å². The van der Waals surface area contributed by atoms with E-state index in [1.807, 2.05) is 6.07 Å². The second kappa shape index (κ2) is 6.18. The van der Waals surface area contributed by atoms with Gasteiger partial charge in [0.1, 0.15) is 0 Å². The largest absolute Gasteiger partial charge is 0.0713 e. The molecule has 0 amide bonds. The Labute approximate surface area is 171 Å². The molecule has 0 aromatic heterocycles. The van der Waals surface area contributed by atoms with E-state index in [9.17, 15) is 0 Å². The fourth-order valence-electron chi connectivity index (χ4n) is 5.06. The van der Waals surface area contributed by atoms with Gasteiger partial charge in [0.2, 0.25) is 0 Å². The van der Waals surface area contributed by atoms with Crippen molar-refractivity contribution in [3.63, 3.8) is 0 Å². The second-order valence-electron chi connectivity index (χ2n) is 7.68. The molecule has 1 aliphatic carbocycles. The van der Waals surface area contributed by atoms with Gasteiger partial charge in [0, 0.05) is 0 Å². The molecule has 6 rings (SSSR count). The van der Waals surface area contributed by atoms with Crippen molar-refractivity contribution in [2.75, 3.05) is 0 Å². The lowest BCUT2D eigenvalue weighted by atomic mass is 9.67. The van der Waals surface area contributed by atoms with Gasteiger partial charge in [-0.1, -0.05) is 103 Å². The van der Waals surface area contributed by atoms with Crippen molar-refractivity contribution in [3.8, 4) is 11.1 Å². The fourth-order valence-corrected chi connectivity index (χ4v) is 5.06. The zero-order chi connectivity index (χ0) is 19.3. The summed E-state index contributed by atoms with van der Waals surface area (Å²) < 4.78 is 0. The van der Waals surface area contributed by atoms with Crippen molar-refractivity contribution in [2.45, 2.75) is 5.41 Å². The Balaban J connectivity index is 1.83. The molecule has 135 valence electrons. The third kappa shape index (κ3) is 2.20. The Morgan fingerprint density at radius 2 is 1.17 bits per heavy atom. The van der Waals surface area contributed by atoms with Gasteiger partial charge in [0.05, 0.1) is 5.41 Å². The Morgan fingerprint density at radius 1 is 0.517 bits per heavy atom. The van der Waals surface area contributed by atoms with E-state index in [0.29, 0.717) is 0 Å². The predicted octanol–water partition coefficient (Wildman–Crippen LogP) is 7.00. The smallest absolute Gasteiger partial charge is 0.0622 e. The first-order valence-corrected chi connectivity index (χ1v) is 10.0. The molecule has 1 aliphatic rings. The van der Waals surface area contributed by atoms with Crippen molar-refractivity contribution in [3.05, 3.63) is 144 Å². The highest BCUT2D eigenvalue weighted by molar-refractivity contribution is 5.95. The Kier molecular flexibility index (Phi) is 3.48. The Bertz CT molecular complexity index is 1290. The van der Waals surface area contributed by atoms with E-state index >= 15 is 0 Å². The predicted molar refractivity (Wildman–Crippen MR) is 120 cm³/mol. The van der Waals surface area contributed by atoms with Gasteiger partial charge in [0.15, 0.2) is 0 Å². The summed E-state index contributed by atoms with van der Waals surface area (Å²) in [5.41, 5.74) is 7.60. The molecule has 0 saturated heterocycles. The molecule has 0 unspecified atom stereocenters. The molecule has 0 heteroatoms. The summed E-state index contributed by atoms with van der Waals surface area (Å²) in [4.78, 5) is 0. The molecule has 0 heterocycles. The molecule has 1 radical (unpaired) electrons. The fraction of sp³-hybridized carbons (Fsp3) is 0.0345. The van der Waals surface area contributed by atoms with E-state index in [2.05, 4.69) is 115 Å². The minimum atomic E-state index is -0.327. The molecule has 0 fully saturated rings. The molecule has 0 bridgehead atoms. The standard InChI is InChI=1S/C29H19/c1-3-13-23(14-4-1)29(24-15-5-2-6-16-24)27-18-10-9-17-25(27)26-19-21-11-7-8-12-22(21)20-28(26)29/h1-11,13-20H. The Morgan fingerprint density at radius 3 is 1.90 bits per heavy atom. The highest BCUT2D eigenvalue weighted by Crippen LogP contribution is 2.56. The highest BCUT2D eigenvalue weighted by Gasteiger charge is 2.45. The third-order valence-electron chi connectivity index (χ3n) is 6.24. The lowest BCUT2D eigenvalue weighted by Gasteiger charge is -2.34. The summed E-state index contributed by atoms with van der Waals surface area (Å²) in [5.74, 6) is 0. The summed E-state index contributed by atoms with van der Waals surface area (Å²) in [7, 11) is 0. The summed E-state index contributed by atoms with van der Waals surface area (Å²) >= 11 is 0. The average Bonchev–Trinajstić information content (AvgIpc) is 3.09. The van der Waals surface area contributed by atoms with Crippen LogP contribution in [0.1, 0.15) is 22.3 Å². The van der Waals surface area contributed by atoms with Crippen LogP contribution in [-0.2, 0) is 5.41 Å². The maximum atomic E-state index is 3.45. The van der Waals surface area contributed by atoms with E-state index in [1.165, 1.54) is 38.8 Å². The normalized spacial score (nSPS) is 13.8. The first kappa shape index (κ1) is 16.3. The summed E-state index contributed by atoms with van der Waals surface area (Å²) in [6.45, 7) is 0. The number of benzene rings is 5. The first-order valence-electron chi connectivity index (χ1n) is 10.0. The maximum Gasteiger partial charge on any atom is 0.0713 e. The van der Waals surface area contributed by atoms with Gasteiger partial charge in [-0.15, -0.1) is 0 Å². The lowest BCUT2D eigenvalue weighted by Crippen LogP contribution is -2.28. The number of hydrogen-bond donors (Lipinski definition) is 0. The SMILES string of the molecule is [c]1cccc2cc3c(cc12)C(c1ccccc1)(c1ccccc1)c1ccccc1-3. The van der Waals surface area contributed by atoms with Crippen LogP contribution in [0.15, 0.2) is 115 Å². The van der Waals surface area contributed by atoms with Crippen LogP contribution in [-0.4, -0.2) is 0 Å². The summed E-state index contributed by atoms with van der Waals surface area (Å²) in [5, 5.41) is 2.40. The van der Waals surface area contributed by atoms with Crippen LogP contribution in [0, 0.1) is 6.07 Å². The quantitative estimate of drug-likeness (QED) is 0.309. The molecule has 29 heavy (non-hydrogen) atoms. The topological polar surface area (TPSA) is 0 Å². The zero-order valence-electron chi connectivity index (χ0n) is 16.0. The van der Waals surface area contributed by atoms with Crippen molar-refractivity contribution >= 4 is 10.8 Å². The maximum absolute atomic E-state index is 3.45. The van der Waals surface area contributed by atoms with E-state index in [-0.39, 0.29) is 5.41 Å². The number of fused-ring (bicyclic) bond motifs is 4. The van der Waals surface area contributed by atoms with Crippen molar-refractivity contribution in [1.82, 2.24) is 0 Å². The molecule has 5 aromatic rings. The van der Waals surface area contributed by atoms with Gasteiger partial charge in [0.25, 0.3) is 0 Å². The molecule has 5 aromatic carbocycles. The highest BCUT2D eigenvalue weighted by atomic mass is 14.5.